The lowest BCUT2D eigenvalue weighted by molar-refractivity contribution is -0.138. The molecule has 0 aliphatic heterocycles. The van der Waals surface area contributed by atoms with E-state index in [1.54, 1.807) is 60.7 Å². The van der Waals surface area contributed by atoms with Gasteiger partial charge in [0.05, 0.1) is 26.4 Å². The number of carbonyl (C=O) groups excluding carboxylic acids is 4. The Hall–Kier alpha value is -5.78. The van der Waals surface area contributed by atoms with Gasteiger partial charge in [-0.2, -0.15) is 0 Å². The third-order valence-electron chi connectivity index (χ3n) is 6.00. The monoisotopic (exact) mass is 648 g/mol. The maximum absolute atomic E-state index is 11.9. The van der Waals surface area contributed by atoms with E-state index in [2.05, 4.69) is 13.2 Å². The highest BCUT2D eigenvalue weighted by Gasteiger charge is 2.10. The maximum atomic E-state index is 11.9. The predicted octanol–water partition coefficient (Wildman–Crippen LogP) is 7.63. The summed E-state index contributed by atoms with van der Waals surface area (Å²) in [6.45, 7) is 9.18. The molecule has 0 spiro atoms. The molecule has 0 aliphatic carbocycles. The van der Waals surface area contributed by atoms with Crippen molar-refractivity contribution in [3.63, 3.8) is 0 Å². The molecule has 47 heavy (non-hydrogen) atoms. The smallest absolute Gasteiger partial charge is 0.463 e. The quantitative estimate of drug-likeness (QED) is 0.0440. The number of unbranched alkanes of at least 4 members (excludes halogenated alkanes) is 2. The fraction of sp³-hybridized carbons (Fsp3) is 0.257. The molecule has 3 aromatic carbocycles. The van der Waals surface area contributed by atoms with Crippen LogP contribution >= 0.6 is 0 Å². The van der Waals surface area contributed by atoms with E-state index >= 15 is 0 Å². The summed E-state index contributed by atoms with van der Waals surface area (Å²) in [6.07, 6.45) is 2.59. The highest BCUT2D eigenvalue weighted by Crippen LogP contribution is 2.31. The normalized spacial score (nSPS) is 10.1. The van der Waals surface area contributed by atoms with E-state index in [4.69, 9.17) is 37.9 Å². The van der Waals surface area contributed by atoms with Gasteiger partial charge in [0.2, 0.25) is 0 Å². The summed E-state index contributed by atoms with van der Waals surface area (Å²) in [5.74, 6) is 1.81. The van der Waals surface area contributed by atoms with Crippen LogP contribution < -0.4 is 18.9 Å². The molecule has 12 heteroatoms. The standard InChI is InChI=1S/C35H36O12/c1-4-32(36)40-20-6-8-22-42-34(38)46-28-14-10-26(11-15-28)44-30-18-19-31(25(3)24-30)45-27-12-16-29(17-13-27)47-35(39)43-23-9-7-21-41-33(37)5-2/h4-5,10-19,24H,1-2,6-9,20-23H2,3H3. The van der Waals surface area contributed by atoms with Gasteiger partial charge in [0.15, 0.2) is 0 Å². The van der Waals surface area contributed by atoms with Crippen LogP contribution in [0.5, 0.6) is 34.5 Å². The van der Waals surface area contributed by atoms with Crippen LogP contribution in [-0.2, 0) is 28.5 Å². The van der Waals surface area contributed by atoms with Crippen molar-refractivity contribution in [3.8, 4) is 34.5 Å². The fourth-order valence-electron chi connectivity index (χ4n) is 3.65. The number of aryl methyl sites for hydroxylation is 1. The Morgan fingerprint density at radius 2 is 0.915 bits per heavy atom. The predicted molar refractivity (Wildman–Crippen MR) is 169 cm³/mol. The second kappa shape index (κ2) is 19.6. The number of rotatable bonds is 18. The lowest BCUT2D eigenvalue weighted by Gasteiger charge is -2.12. The molecular weight excluding hydrogens is 612 g/mol. The van der Waals surface area contributed by atoms with E-state index < -0.39 is 24.2 Å². The minimum absolute atomic E-state index is 0.127. The molecular formula is C35H36O12. The zero-order valence-electron chi connectivity index (χ0n) is 26.0. The SMILES string of the molecule is C=CC(=O)OCCCCOC(=O)Oc1ccc(Oc2ccc(Oc3ccc(OC(=O)OCCCCOC(=O)C=C)cc3)c(C)c2)cc1. The Kier molecular flexibility index (Phi) is 14.9. The lowest BCUT2D eigenvalue weighted by Crippen LogP contribution is -2.12. The van der Waals surface area contributed by atoms with Crippen molar-refractivity contribution in [3.05, 3.63) is 97.6 Å². The van der Waals surface area contributed by atoms with Crippen LogP contribution in [-0.4, -0.2) is 50.7 Å². The van der Waals surface area contributed by atoms with E-state index in [1.165, 1.54) is 0 Å². The van der Waals surface area contributed by atoms with E-state index in [0.717, 1.165) is 17.7 Å². The number of hydrogen-bond donors (Lipinski definition) is 0. The van der Waals surface area contributed by atoms with Crippen LogP contribution in [0.4, 0.5) is 9.59 Å². The summed E-state index contributed by atoms with van der Waals surface area (Å²) >= 11 is 0. The van der Waals surface area contributed by atoms with Gasteiger partial charge in [-0.3, -0.25) is 0 Å². The maximum Gasteiger partial charge on any atom is 0.513 e. The molecule has 0 saturated heterocycles. The number of benzene rings is 3. The molecule has 0 saturated carbocycles. The van der Waals surface area contributed by atoms with Gasteiger partial charge in [0.25, 0.3) is 0 Å². The first kappa shape index (κ1) is 35.7. The first-order chi connectivity index (χ1) is 22.7. The third-order valence-corrected chi connectivity index (χ3v) is 6.00. The summed E-state index contributed by atoms with van der Waals surface area (Å²) in [6, 6.07) is 18.3. The Morgan fingerprint density at radius 1 is 0.532 bits per heavy atom. The van der Waals surface area contributed by atoms with Gasteiger partial charge < -0.3 is 37.9 Å². The second-order valence-electron chi connectivity index (χ2n) is 9.63. The van der Waals surface area contributed by atoms with Crippen molar-refractivity contribution in [2.24, 2.45) is 0 Å². The number of carbonyl (C=O) groups is 4. The average molecular weight is 649 g/mol. The highest BCUT2D eigenvalue weighted by molar-refractivity contribution is 5.81. The summed E-state index contributed by atoms with van der Waals surface area (Å²) in [5, 5.41) is 0. The number of esters is 2. The Morgan fingerprint density at radius 3 is 1.34 bits per heavy atom. The van der Waals surface area contributed by atoms with Crippen LogP contribution in [0.25, 0.3) is 0 Å². The molecule has 0 bridgehead atoms. The van der Waals surface area contributed by atoms with Gasteiger partial charge in [0.1, 0.15) is 34.5 Å². The van der Waals surface area contributed by atoms with Crippen molar-refractivity contribution >= 4 is 24.2 Å². The van der Waals surface area contributed by atoms with Gasteiger partial charge in [0, 0.05) is 12.2 Å². The molecule has 0 unspecified atom stereocenters. The minimum atomic E-state index is -0.841. The van der Waals surface area contributed by atoms with Gasteiger partial charge >= 0.3 is 24.2 Å². The lowest BCUT2D eigenvalue weighted by atomic mass is 10.2. The zero-order chi connectivity index (χ0) is 33.9. The molecule has 3 aromatic rings. The van der Waals surface area contributed by atoms with Crippen LogP contribution in [0, 0.1) is 6.92 Å². The molecule has 3 rings (SSSR count). The molecule has 0 N–H and O–H groups in total. The van der Waals surface area contributed by atoms with Crippen LogP contribution in [0.3, 0.4) is 0 Å². The van der Waals surface area contributed by atoms with Crippen molar-refractivity contribution in [1.29, 1.82) is 0 Å². The molecule has 12 nitrogen and oxygen atoms in total. The minimum Gasteiger partial charge on any atom is -0.463 e. The van der Waals surface area contributed by atoms with Gasteiger partial charge in [-0.25, -0.2) is 19.2 Å². The van der Waals surface area contributed by atoms with Gasteiger partial charge in [-0.1, -0.05) is 13.2 Å². The molecule has 0 heterocycles. The number of ether oxygens (including phenoxy) is 8. The molecule has 0 aliphatic rings. The fourth-order valence-corrected chi connectivity index (χ4v) is 3.65. The van der Waals surface area contributed by atoms with Crippen molar-refractivity contribution in [1.82, 2.24) is 0 Å². The van der Waals surface area contributed by atoms with Gasteiger partial charge in [-0.05, 0) is 105 Å². The van der Waals surface area contributed by atoms with Crippen LogP contribution in [0.15, 0.2) is 92.0 Å². The molecule has 0 radical (unpaired) electrons. The summed E-state index contributed by atoms with van der Waals surface area (Å²) < 4.78 is 41.9. The van der Waals surface area contributed by atoms with E-state index in [1.807, 2.05) is 13.0 Å². The van der Waals surface area contributed by atoms with Crippen molar-refractivity contribution in [2.45, 2.75) is 32.6 Å². The summed E-state index contributed by atoms with van der Waals surface area (Å²) in [5.41, 5.74) is 0.812. The molecule has 248 valence electrons. The molecule has 0 atom stereocenters. The van der Waals surface area contributed by atoms with E-state index in [-0.39, 0.29) is 37.9 Å². The van der Waals surface area contributed by atoms with Gasteiger partial charge in [-0.15, -0.1) is 0 Å². The first-order valence-corrected chi connectivity index (χ1v) is 14.7. The number of hydrogen-bond acceptors (Lipinski definition) is 12. The topological polar surface area (TPSA) is 142 Å². The molecule has 0 amide bonds. The highest BCUT2D eigenvalue weighted by atomic mass is 16.7. The Labute approximate surface area is 272 Å². The zero-order valence-corrected chi connectivity index (χ0v) is 26.0. The first-order valence-electron chi connectivity index (χ1n) is 14.7. The van der Waals surface area contributed by atoms with Crippen LogP contribution in [0.2, 0.25) is 0 Å². The van der Waals surface area contributed by atoms with E-state index in [0.29, 0.717) is 48.7 Å². The van der Waals surface area contributed by atoms with Crippen molar-refractivity contribution in [2.75, 3.05) is 26.4 Å². The summed E-state index contributed by atoms with van der Waals surface area (Å²) in [4.78, 5) is 45.7. The van der Waals surface area contributed by atoms with E-state index in [9.17, 15) is 19.2 Å². The molecule has 0 fully saturated rings. The largest absolute Gasteiger partial charge is 0.513 e. The third kappa shape index (κ3) is 13.8. The Bertz CT molecular complexity index is 1500. The molecule has 0 aromatic heterocycles. The van der Waals surface area contributed by atoms with Crippen molar-refractivity contribution < 1.29 is 57.1 Å². The Balaban J connectivity index is 1.38. The van der Waals surface area contributed by atoms with Crippen LogP contribution in [0.1, 0.15) is 31.2 Å². The average Bonchev–Trinajstić information content (AvgIpc) is 3.07. The summed E-state index contributed by atoms with van der Waals surface area (Å²) in [7, 11) is 0. The second-order valence-corrected chi connectivity index (χ2v) is 9.63.